The maximum absolute atomic E-state index is 5.91. The second-order valence-corrected chi connectivity index (χ2v) is 6.21. The third-order valence-electron chi connectivity index (χ3n) is 3.50. The molecule has 2 heterocycles. The number of thiazole rings is 1. The first-order chi connectivity index (χ1) is 12.3. The van der Waals surface area contributed by atoms with Gasteiger partial charge in [-0.2, -0.15) is 5.10 Å². The fourth-order valence-electron chi connectivity index (χ4n) is 2.34. The van der Waals surface area contributed by atoms with Crippen LogP contribution in [0.25, 0.3) is 0 Å². The highest BCUT2D eigenvalue weighted by Gasteiger charge is 2.17. The van der Waals surface area contributed by atoms with Crippen molar-refractivity contribution in [3.63, 3.8) is 0 Å². The average Bonchev–Trinajstić information content (AvgIpc) is 3.27. The summed E-state index contributed by atoms with van der Waals surface area (Å²) >= 11 is 1.50. The first-order valence-electron chi connectivity index (χ1n) is 8.00. The molecule has 25 heavy (non-hydrogen) atoms. The quantitative estimate of drug-likeness (QED) is 0.574. The van der Waals surface area contributed by atoms with Gasteiger partial charge in [0, 0.05) is 17.4 Å². The Morgan fingerprint density at radius 1 is 1.40 bits per heavy atom. The standard InChI is InChI=1S/C17H21N3O4S/c1-12-11-25-17(19-12)20-18-10-13-4-3-5-14(21-2)16(13)24-7-6-15-22-8-9-23-15/h3-5,10-11,15H,6-9H2,1-2H3,(H,19,20). The highest BCUT2D eigenvalue weighted by Crippen LogP contribution is 2.30. The number of hydrogen-bond acceptors (Lipinski definition) is 8. The minimum absolute atomic E-state index is 0.193. The number of nitrogens with one attached hydrogen (secondary N) is 1. The van der Waals surface area contributed by atoms with Gasteiger partial charge in [0.2, 0.25) is 5.13 Å². The van der Waals surface area contributed by atoms with Crippen molar-refractivity contribution >= 4 is 22.7 Å². The summed E-state index contributed by atoms with van der Waals surface area (Å²) in [7, 11) is 1.61. The molecule has 1 aromatic heterocycles. The van der Waals surface area contributed by atoms with Gasteiger partial charge in [0.1, 0.15) is 0 Å². The van der Waals surface area contributed by atoms with E-state index in [4.69, 9.17) is 18.9 Å². The van der Waals surface area contributed by atoms with Crippen molar-refractivity contribution in [1.29, 1.82) is 0 Å². The first kappa shape index (κ1) is 17.7. The van der Waals surface area contributed by atoms with Gasteiger partial charge in [-0.05, 0) is 19.1 Å². The van der Waals surface area contributed by atoms with E-state index in [2.05, 4.69) is 15.5 Å². The third kappa shape index (κ3) is 4.91. The molecule has 134 valence electrons. The summed E-state index contributed by atoms with van der Waals surface area (Å²) < 4.78 is 22.1. The molecular formula is C17H21N3O4S. The smallest absolute Gasteiger partial charge is 0.203 e. The van der Waals surface area contributed by atoms with Gasteiger partial charge in [0.05, 0.1) is 38.8 Å². The Hall–Kier alpha value is -2.16. The molecule has 3 rings (SSSR count). The van der Waals surface area contributed by atoms with E-state index < -0.39 is 0 Å². The molecule has 1 aliphatic rings. The molecule has 1 aromatic carbocycles. The predicted octanol–water partition coefficient (Wildman–Crippen LogP) is 3.05. The van der Waals surface area contributed by atoms with Crippen molar-refractivity contribution in [1.82, 2.24) is 4.98 Å². The SMILES string of the molecule is COc1cccc(C=NNc2nc(C)cs2)c1OCCC1OCCO1. The lowest BCUT2D eigenvalue weighted by atomic mass is 10.2. The molecule has 2 aromatic rings. The zero-order chi connectivity index (χ0) is 17.5. The van der Waals surface area contributed by atoms with Crippen molar-refractivity contribution in [2.75, 3.05) is 32.4 Å². The molecular weight excluding hydrogens is 342 g/mol. The van der Waals surface area contributed by atoms with Crippen molar-refractivity contribution in [3.05, 3.63) is 34.8 Å². The number of hydrazone groups is 1. The van der Waals surface area contributed by atoms with Crippen LogP contribution < -0.4 is 14.9 Å². The number of para-hydroxylation sites is 1. The van der Waals surface area contributed by atoms with Gasteiger partial charge < -0.3 is 18.9 Å². The Labute approximate surface area is 150 Å². The molecule has 8 heteroatoms. The lowest BCUT2D eigenvalue weighted by Gasteiger charge is -2.14. The Kier molecular flexibility index (Phi) is 6.21. The lowest BCUT2D eigenvalue weighted by Crippen LogP contribution is -2.13. The molecule has 1 saturated heterocycles. The van der Waals surface area contributed by atoms with Gasteiger partial charge in [-0.1, -0.05) is 6.07 Å². The molecule has 7 nitrogen and oxygen atoms in total. The molecule has 1 N–H and O–H groups in total. The maximum atomic E-state index is 5.91. The van der Waals surface area contributed by atoms with Gasteiger partial charge in [-0.15, -0.1) is 11.3 Å². The van der Waals surface area contributed by atoms with Crippen molar-refractivity contribution in [2.24, 2.45) is 5.10 Å². The number of hydrogen-bond donors (Lipinski definition) is 1. The summed E-state index contributed by atoms with van der Waals surface area (Å²) in [5, 5.41) is 6.94. The van der Waals surface area contributed by atoms with Crippen molar-refractivity contribution in [3.8, 4) is 11.5 Å². The van der Waals surface area contributed by atoms with E-state index in [9.17, 15) is 0 Å². The maximum Gasteiger partial charge on any atom is 0.203 e. The molecule has 0 aliphatic carbocycles. The number of aromatic nitrogens is 1. The van der Waals surface area contributed by atoms with Crippen LogP contribution in [0.1, 0.15) is 17.7 Å². The predicted molar refractivity (Wildman–Crippen MR) is 96.9 cm³/mol. The number of nitrogens with zero attached hydrogens (tertiary/aromatic N) is 2. The largest absolute Gasteiger partial charge is 0.493 e. The number of aryl methyl sites for hydroxylation is 1. The second kappa shape index (κ2) is 8.80. The normalized spacial score (nSPS) is 15.0. The van der Waals surface area contributed by atoms with Crippen LogP contribution in [0, 0.1) is 6.92 Å². The van der Waals surface area contributed by atoms with Gasteiger partial charge in [-0.25, -0.2) is 4.98 Å². The number of rotatable bonds is 8. The summed E-state index contributed by atoms with van der Waals surface area (Å²) in [6, 6.07) is 5.66. The van der Waals surface area contributed by atoms with E-state index in [1.54, 1.807) is 13.3 Å². The first-order valence-corrected chi connectivity index (χ1v) is 8.88. The third-order valence-corrected chi connectivity index (χ3v) is 4.37. The van der Waals surface area contributed by atoms with E-state index in [-0.39, 0.29) is 6.29 Å². The minimum atomic E-state index is -0.193. The molecule has 0 spiro atoms. The van der Waals surface area contributed by atoms with Crippen LogP contribution in [0.5, 0.6) is 11.5 Å². The number of anilines is 1. The van der Waals surface area contributed by atoms with Gasteiger partial charge >= 0.3 is 0 Å². The molecule has 1 fully saturated rings. The van der Waals surface area contributed by atoms with Crippen molar-refractivity contribution in [2.45, 2.75) is 19.6 Å². The number of benzene rings is 1. The molecule has 1 aliphatic heterocycles. The van der Waals surface area contributed by atoms with Crippen LogP contribution >= 0.6 is 11.3 Å². The number of methoxy groups -OCH3 is 1. The minimum Gasteiger partial charge on any atom is -0.493 e. The van der Waals surface area contributed by atoms with Crippen molar-refractivity contribution < 1.29 is 18.9 Å². The summed E-state index contributed by atoms with van der Waals surface area (Å²) in [6.45, 7) is 3.68. The van der Waals surface area contributed by atoms with Crippen LogP contribution in [0.2, 0.25) is 0 Å². The van der Waals surface area contributed by atoms with E-state index in [0.717, 1.165) is 16.4 Å². The summed E-state index contributed by atoms with van der Waals surface area (Å²) in [5.74, 6) is 1.30. The molecule has 0 bridgehead atoms. The molecule has 0 saturated carbocycles. The lowest BCUT2D eigenvalue weighted by molar-refractivity contribution is -0.0532. The van der Waals surface area contributed by atoms with E-state index in [1.807, 2.05) is 30.5 Å². The zero-order valence-electron chi connectivity index (χ0n) is 14.2. The van der Waals surface area contributed by atoms with Crippen LogP contribution in [0.3, 0.4) is 0 Å². The molecule has 0 amide bonds. The van der Waals surface area contributed by atoms with E-state index in [1.165, 1.54) is 11.3 Å². The Balaban J connectivity index is 1.64. The average molecular weight is 363 g/mol. The summed E-state index contributed by atoms with van der Waals surface area (Å²) in [6.07, 6.45) is 2.16. The molecule has 0 unspecified atom stereocenters. The van der Waals surface area contributed by atoms with Gasteiger partial charge in [-0.3, -0.25) is 5.43 Å². The van der Waals surface area contributed by atoms with Crippen LogP contribution in [-0.4, -0.2) is 44.4 Å². The van der Waals surface area contributed by atoms with Crippen LogP contribution in [0.15, 0.2) is 28.7 Å². The van der Waals surface area contributed by atoms with E-state index >= 15 is 0 Å². The fourth-order valence-corrected chi connectivity index (χ4v) is 2.98. The highest BCUT2D eigenvalue weighted by molar-refractivity contribution is 7.13. The topological polar surface area (TPSA) is 74.2 Å². The van der Waals surface area contributed by atoms with Crippen LogP contribution in [-0.2, 0) is 9.47 Å². The second-order valence-electron chi connectivity index (χ2n) is 5.35. The summed E-state index contributed by atoms with van der Waals surface area (Å²) in [4.78, 5) is 4.30. The monoisotopic (exact) mass is 363 g/mol. The molecule has 0 radical (unpaired) electrons. The van der Waals surface area contributed by atoms with Gasteiger partial charge in [0.25, 0.3) is 0 Å². The van der Waals surface area contributed by atoms with Gasteiger partial charge in [0.15, 0.2) is 17.8 Å². The Morgan fingerprint density at radius 3 is 2.96 bits per heavy atom. The zero-order valence-corrected chi connectivity index (χ0v) is 15.0. The highest BCUT2D eigenvalue weighted by atomic mass is 32.1. The Bertz CT molecular complexity index is 714. The fraction of sp³-hybridized carbons (Fsp3) is 0.412. The molecule has 0 atom stereocenters. The number of ether oxygens (including phenoxy) is 4. The van der Waals surface area contributed by atoms with Crippen LogP contribution in [0.4, 0.5) is 5.13 Å². The summed E-state index contributed by atoms with van der Waals surface area (Å²) in [5.41, 5.74) is 4.70. The Morgan fingerprint density at radius 2 is 2.24 bits per heavy atom. The van der Waals surface area contributed by atoms with E-state index in [0.29, 0.717) is 37.7 Å².